The number of hydrogen-bond acceptors (Lipinski definition) is 5. The third kappa shape index (κ3) is 3.95. The van der Waals surface area contributed by atoms with E-state index in [9.17, 15) is 4.79 Å². The van der Waals surface area contributed by atoms with Crippen molar-refractivity contribution in [2.75, 3.05) is 14.2 Å². The summed E-state index contributed by atoms with van der Waals surface area (Å²) in [6.07, 6.45) is 3.16. The molecule has 6 heteroatoms. The number of allylic oxidation sites excluding steroid dienone is 1. The van der Waals surface area contributed by atoms with Crippen molar-refractivity contribution >= 4 is 34.8 Å². The largest absolute Gasteiger partial charge is 0.496 e. The SMILES string of the molecule is COc1cc(OC)c(C(=O)/C=C/c2nc(-c3ccccc3)cs2)cc1Cl. The third-order valence-electron chi connectivity index (χ3n) is 3.71. The molecule has 1 aromatic heterocycles. The number of methoxy groups -OCH3 is 2. The van der Waals surface area contributed by atoms with Gasteiger partial charge in [0.25, 0.3) is 0 Å². The molecule has 132 valence electrons. The van der Waals surface area contributed by atoms with Crippen molar-refractivity contribution in [1.82, 2.24) is 4.98 Å². The topological polar surface area (TPSA) is 48.4 Å². The molecule has 0 aliphatic heterocycles. The molecule has 0 saturated heterocycles. The van der Waals surface area contributed by atoms with E-state index < -0.39 is 0 Å². The summed E-state index contributed by atoms with van der Waals surface area (Å²) in [6.45, 7) is 0. The maximum atomic E-state index is 12.5. The second-order valence-electron chi connectivity index (χ2n) is 5.32. The molecule has 26 heavy (non-hydrogen) atoms. The van der Waals surface area contributed by atoms with E-state index in [0.717, 1.165) is 16.3 Å². The molecule has 0 amide bonds. The van der Waals surface area contributed by atoms with Gasteiger partial charge in [0.2, 0.25) is 0 Å². The van der Waals surface area contributed by atoms with E-state index in [2.05, 4.69) is 4.98 Å². The zero-order valence-electron chi connectivity index (χ0n) is 14.2. The molecule has 0 bridgehead atoms. The molecule has 1 heterocycles. The average molecular weight is 386 g/mol. The number of rotatable bonds is 6. The molecule has 0 unspecified atom stereocenters. The van der Waals surface area contributed by atoms with Gasteiger partial charge in [-0.2, -0.15) is 0 Å². The highest BCUT2D eigenvalue weighted by molar-refractivity contribution is 7.10. The first-order valence-corrected chi connectivity index (χ1v) is 9.03. The summed E-state index contributed by atoms with van der Waals surface area (Å²) >= 11 is 7.60. The summed E-state index contributed by atoms with van der Waals surface area (Å²) in [7, 11) is 3.00. The Kier molecular flexibility index (Phi) is 5.71. The highest BCUT2D eigenvalue weighted by atomic mass is 35.5. The van der Waals surface area contributed by atoms with Gasteiger partial charge >= 0.3 is 0 Å². The number of thiazole rings is 1. The van der Waals surface area contributed by atoms with E-state index in [-0.39, 0.29) is 5.78 Å². The van der Waals surface area contributed by atoms with Crippen LogP contribution in [0.5, 0.6) is 11.5 Å². The fourth-order valence-corrected chi connectivity index (χ4v) is 3.35. The van der Waals surface area contributed by atoms with Crippen molar-refractivity contribution in [2.24, 2.45) is 0 Å². The van der Waals surface area contributed by atoms with Gasteiger partial charge in [0.1, 0.15) is 16.5 Å². The first-order valence-electron chi connectivity index (χ1n) is 7.77. The van der Waals surface area contributed by atoms with Crippen LogP contribution >= 0.6 is 22.9 Å². The molecule has 0 N–H and O–H groups in total. The lowest BCUT2D eigenvalue weighted by Crippen LogP contribution is -2.00. The van der Waals surface area contributed by atoms with E-state index in [1.165, 1.54) is 31.6 Å². The summed E-state index contributed by atoms with van der Waals surface area (Å²) in [5.74, 6) is 0.643. The van der Waals surface area contributed by atoms with Crippen LogP contribution in [0.4, 0.5) is 0 Å². The Labute approximate surface area is 160 Å². The minimum atomic E-state index is -0.220. The van der Waals surface area contributed by atoms with Crippen molar-refractivity contribution in [3.05, 3.63) is 69.5 Å². The molecule has 0 saturated carbocycles. The fraction of sp³-hybridized carbons (Fsp3) is 0.100. The lowest BCUT2D eigenvalue weighted by Gasteiger charge is -2.09. The van der Waals surface area contributed by atoms with Crippen LogP contribution in [0.25, 0.3) is 17.3 Å². The molecule has 4 nitrogen and oxygen atoms in total. The van der Waals surface area contributed by atoms with Crippen LogP contribution in [0.15, 0.2) is 53.9 Å². The number of halogens is 1. The number of carbonyl (C=O) groups excluding carboxylic acids is 1. The third-order valence-corrected chi connectivity index (χ3v) is 4.81. The van der Waals surface area contributed by atoms with Gasteiger partial charge in [0.15, 0.2) is 5.78 Å². The number of benzene rings is 2. The van der Waals surface area contributed by atoms with Gasteiger partial charge in [0, 0.05) is 17.0 Å². The number of hydrogen-bond donors (Lipinski definition) is 0. The van der Waals surface area contributed by atoms with Gasteiger partial charge in [-0.25, -0.2) is 4.98 Å². The number of nitrogens with zero attached hydrogens (tertiary/aromatic N) is 1. The fourth-order valence-electron chi connectivity index (χ4n) is 2.40. The minimum absolute atomic E-state index is 0.220. The lowest BCUT2D eigenvalue weighted by molar-refractivity contribution is 0.104. The Bertz CT molecular complexity index is 951. The Balaban J connectivity index is 1.82. The molecule has 0 aliphatic carbocycles. The van der Waals surface area contributed by atoms with Gasteiger partial charge in [0.05, 0.1) is 30.5 Å². The molecule has 0 aliphatic rings. The highest BCUT2D eigenvalue weighted by Crippen LogP contribution is 2.33. The average Bonchev–Trinajstić information content (AvgIpc) is 3.15. The Hall–Kier alpha value is -2.63. The molecule has 0 radical (unpaired) electrons. The van der Waals surface area contributed by atoms with Crippen molar-refractivity contribution in [2.45, 2.75) is 0 Å². The summed E-state index contributed by atoms with van der Waals surface area (Å²) in [4.78, 5) is 17.1. The Morgan fingerprint density at radius 1 is 1.12 bits per heavy atom. The van der Waals surface area contributed by atoms with E-state index in [1.807, 2.05) is 35.7 Å². The molecular weight excluding hydrogens is 370 g/mol. The van der Waals surface area contributed by atoms with Crippen LogP contribution < -0.4 is 9.47 Å². The minimum Gasteiger partial charge on any atom is -0.496 e. The van der Waals surface area contributed by atoms with Gasteiger partial charge in [-0.05, 0) is 18.2 Å². The van der Waals surface area contributed by atoms with E-state index in [0.29, 0.717) is 22.1 Å². The van der Waals surface area contributed by atoms with Crippen LogP contribution in [-0.2, 0) is 0 Å². The lowest BCUT2D eigenvalue weighted by atomic mass is 10.1. The van der Waals surface area contributed by atoms with Crippen molar-refractivity contribution < 1.29 is 14.3 Å². The number of aromatic nitrogens is 1. The van der Waals surface area contributed by atoms with Gasteiger partial charge in [-0.3, -0.25) is 4.79 Å². The maximum absolute atomic E-state index is 12.5. The van der Waals surface area contributed by atoms with Crippen LogP contribution in [0, 0.1) is 0 Å². The number of carbonyl (C=O) groups is 1. The van der Waals surface area contributed by atoms with Gasteiger partial charge < -0.3 is 9.47 Å². The molecule has 3 aromatic rings. The quantitative estimate of drug-likeness (QED) is 0.422. The maximum Gasteiger partial charge on any atom is 0.189 e. The Morgan fingerprint density at radius 2 is 1.85 bits per heavy atom. The van der Waals surface area contributed by atoms with E-state index in [4.69, 9.17) is 21.1 Å². The second kappa shape index (κ2) is 8.17. The standard InChI is InChI=1S/C20H16ClNO3S/c1-24-18-11-19(25-2)15(21)10-14(18)17(23)8-9-20-22-16(12-26-20)13-6-4-3-5-7-13/h3-12H,1-2H3/b9-8+. The van der Waals surface area contributed by atoms with Crippen LogP contribution in [0.2, 0.25) is 5.02 Å². The smallest absolute Gasteiger partial charge is 0.189 e. The van der Waals surface area contributed by atoms with Crippen molar-refractivity contribution in [3.8, 4) is 22.8 Å². The predicted octanol–water partition coefficient (Wildman–Crippen LogP) is 5.38. The molecule has 3 rings (SSSR count). The zero-order chi connectivity index (χ0) is 18.5. The van der Waals surface area contributed by atoms with Crippen LogP contribution in [0.3, 0.4) is 0 Å². The molecule has 2 aromatic carbocycles. The first-order chi connectivity index (χ1) is 12.6. The molecule has 0 atom stereocenters. The summed E-state index contributed by atoms with van der Waals surface area (Å²) in [5, 5.41) is 3.06. The normalized spacial score (nSPS) is 10.9. The van der Waals surface area contributed by atoms with Crippen LogP contribution in [-0.4, -0.2) is 25.0 Å². The molecule has 0 fully saturated rings. The highest BCUT2D eigenvalue weighted by Gasteiger charge is 2.14. The monoisotopic (exact) mass is 385 g/mol. The van der Waals surface area contributed by atoms with Gasteiger partial charge in [-0.15, -0.1) is 11.3 Å². The molecule has 0 spiro atoms. The van der Waals surface area contributed by atoms with E-state index in [1.54, 1.807) is 18.2 Å². The number of ketones is 1. The Morgan fingerprint density at radius 3 is 2.54 bits per heavy atom. The van der Waals surface area contributed by atoms with Crippen molar-refractivity contribution in [1.29, 1.82) is 0 Å². The summed E-state index contributed by atoms with van der Waals surface area (Å²) < 4.78 is 10.4. The number of ether oxygens (including phenoxy) is 2. The van der Waals surface area contributed by atoms with Crippen molar-refractivity contribution in [3.63, 3.8) is 0 Å². The predicted molar refractivity (Wildman–Crippen MR) is 105 cm³/mol. The van der Waals surface area contributed by atoms with Gasteiger partial charge in [-0.1, -0.05) is 41.9 Å². The van der Waals surface area contributed by atoms with E-state index >= 15 is 0 Å². The zero-order valence-corrected chi connectivity index (χ0v) is 15.8. The summed E-state index contributed by atoms with van der Waals surface area (Å²) in [5.41, 5.74) is 2.29. The second-order valence-corrected chi connectivity index (χ2v) is 6.62. The molecular formula is C20H16ClNO3S. The summed E-state index contributed by atoms with van der Waals surface area (Å²) in [6, 6.07) is 13.0. The van der Waals surface area contributed by atoms with Crippen LogP contribution in [0.1, 0.15) is 15.4 Å². The first kappa shape index (κ1) is 18.2.